The lowest BCUT2D eigenvalue weighted by Gasteiger charge is -2.16. The van der Waals surface area contributed by atoms with E-state index in [0.717, 1.165) is 16.8 Å². The molecule has 0 spiro atoms. The number of carbonyl (C=O) groups is 1. The first kappa shape index (κ1) is 19.0. The van der Waals surface area contributed by atoms with E-state index in [9.17, 15) is 4.79 Å². The zero-order chi connectivity index (χ0) is 19.4. The Morgan fingerprint density at radius 1 is 1.22 bits per heavy atom. The highest BCUT2D eigenvalue weighted by Crippen LogP contribution is 2.26. The van der Waals surface area contributed by atoms with Crippen molar-refractivity contribution in [3.8, 4) is 5.75 Å². The summed E-state index contributed by atoms with van der Waals surface area (Å²) in [5.41, 5.74) is 3.45. The minimum Gasteiger partial charge on any atom is -0.487 e. The average molecular weight is 384 g/mol. The lowest BCUT2D eigenvalue weighted by Crippen LogP contribution is -2.26. The third kappa shape index (κ3) is 4.89. The normalized spacial score (nSPS) is 10.7. The number of halogens is 1. The molecule has 3 rings (SSSR count). The van der Waals surface area contributed by atoms with Crippen LogP contribution in [0.5, 0.6) is 5.75 Å². The predicted octanol–water partition coefficient (Wildman–Crippen LogP) is 4.23. The lowest BCUT2D eigenvalue weighted by molar-refractivity contribution is 0.0783. The van der Waals surface area contributed by atoms with Crippen molar-refractivity contribution >= 4 is 17.5 Å². The topological polar surface area (TPSA) is 47.4 Å². The monoisotopic (exact) mass is 383 g/mol. The van der Waals surface area contributed by atoms with Gasteiger partial charge in [0, 0.05) is 25.9 Å². The van der Waals surface area contributed by atoms with Gasteiger partial charge in [-0.3, -0.25) is 9.48 Å². The summed E-state index contributed by atoms with van der Waals surface area (Å²) in [5.74, 6) is 0.580. The summed E-state index contributed by atoms with van der Waals surface area (Å²) in [5, 5.41) is 4.89. The van der Waals surface area contributed by atoms with E-state index in [4.69, 9.17) is 16.3 Å². The van der Waals surface area contributed by atoms with Crippen molar-refractivity contribution in [2.24, 2.45) is 7.05 Å². The van der Waals surface area contributed by atoms with Gasteiger partial charge < -0.3 is 9.64 Å². The van der Waals surface area contributed by atoms with Gasteiger partial charge in [0.1, 0.15) is 12.4 Å². The highest BCUT2D eigenvalue weighted by atomic mass is 35.5. The van der Waals surface area contributed by atoms with Crippen molar-refractivity contribution in [2.45, 2.75) is 20.1 Å². The van der Waals surface area contributed by atoms with Crippen LogP contribution in [0.15, 0.2) is 54.7 Å². The van der Waals surface area contributed by atoms with Crippen LogP contribution < -0.4 is 4.74 Å². The van der Waals surface area contributed by atoms with E-state index in [1.165, 1.54) is 0 Å². The number of aryl methyl sites for hydroxylation is 2. The standard InChI is InChI=1S/C21H22ClN3O2/c1-15-7-8-19(22)20(11-15)27-14-16-5-4-6-17(12-16)21(26)24(2)13-18-9-10-25(3)23-18/h4-12H,13-14H2,1-3H3. The van der Waals surface area contributed by atoms with Crippen LogP contribution in [0.4, 0.5) is 0 Å². The number of hydrogen-bond acceptors (Lipinski definition) is 3. The zero-order valence-electron chi connectivity index (χ0n) is 15.6. The predicted molar refractivity (Wildman–Crippen MR) is 106 cm³/mol. The van der Waals surface area contributed by atoms with Crippen molar-refractivity contribution in [3.05, 3.63) is 82.1 Å². The second kappa shape index (κ2) is 8.27. The van der Waals surface area contributed by atoms with Crippen LogP contribution in [-0.2, 0) is 20.2 Å². The number of rotatable bonds is 6. The van der Waals surface area contributed by atoms with Gasteiger partial charge in [-0.25, -0.2) is 0 Å². The first-order valence-electron chi connectivity index (χ1n) is 8.64. The molecule has 0 aliphatic heterocycles. The van der Waals surface area contributed by atoms with Crippen LogP contribution in [0.1, 0.15) is 27.2 Å². The number of aromatic nitrogens is 2. The first-order valence-corrected chi connectivity index (χ1v) is 9.02. The molecule has 2 aromatic carbocycles. The Hall–Kier alpha value is -2.79. The van der Waals surface area contributed by atoms with Gasteiger partial charge in [0.15, 0.2) is 0 Å². The molecule has 0 bridgehead atoms. The molecule has 0 aliphatic rings. The van der Waals surface area contributed by atoms with Crippen LogP contribution in [0.2, 0.25) is 5.02 Å². The van der Waals surface area contributed by atoms with Gasteiger partial charge in [-0.15, -0.1) is 0 Å². The van der Waals surface area contributed by atoms with Crippen LogP contribution in [0, 0.1) is 6.92 Å². The Morgan fingerprint density at radius 3 is 2.78 bits per heavy atom. The zero-order valence-corrected chi connectivity index (χ0v) is 16.4. The molecule has 1 aromatic heterocycles. The third-order valence-corrected chi connectivity index (χ3v) is 4.48. The van der Waals surface area contributed by atoms with Crippen molar-refractivity contribution in [2.75, 3.05) is 7.05 Å². The first-order chi connectivity index (χ1) is 12.9. The van der Waals surface area contributed by atoms with Crippen molar-refractivity contribution < 1.29 is 9.53 Å². The molecule has 1 heterocycles. The molecule has 6 heteroatoms. The molecule has 0 atom stereocenters. The minimum atomic E-state index is -0.0592. The van der Waals surface area contributed by atoms with Crippen molar-refractivity contribution in [3.63, 3.8) is 0 Å². The maximum absolute atomic E-state index is 12.7. The maximum atomic E-state index is 12.7. The van der Waals surface area contributed by atoms with E-state index in [1.54, 1.807) is 22.7 Å². The van der Waals surface area contributed by atoms with E-state index < -0.39 is 0 Å². The molecule has 0 fully saturated rings. The fourth-order valence-electron chi connectivity index (χ4n) is 2.76. The van der Waals surface area contributed by atoms with E-state index in [1.807, 2.05) is 62.6 Å². The third-order valence-electron chi connectivity index (χ3n) is 4.17. The molecule has 0 saturated carbocycles. The number of hydrogen-bond donors (Lipinski definition) is 0. The Bertz CT molecular complexity index is 952. The van der Waals surface area contributed by atoms with Crippen molar-refractivity contribution in [1.29, 1.82) is 0 Å². The molecule has 27 heavy (non-hydrogen) atoms. The molecular formula is C21H22ClN3O2. The molecule has 1 amide bonds. The number of nitrogens with zero attached hydrogens (tertiary/aromatic N) is 3. The Labute approximate surface area is 164 Å². The van der Waals surface area contributed by atoms with Gasteiger partial charge in [-0.1, -0.05) is 29.8 Å². The highest BCUT2D eigenvalue weighted by molar-refractivity contribution is 6.32. The van der Waals surface area contributed by atoms with E-state index in [-0.39, 0.29) is 5.91 Å². The summed E-state index contributed by atoms with van der Waals surface area (Å²) in [4.78, 5) is 14.4. The Balaban J connectivity index is 1.67. The molecule has 0 radical (unpaired) electrons. The summed E-state index contributed by atoms with van der Waals surface area (Å²) in [7, 11) is 3.63. The molecule has 5 nitrogen and oxygen atoms in total. The smallest absolute Gasteiger partial charge is 0.253 e. The summed E-state index contributed by atoms with van der Waals surface area (Å²) < 4.78 is 7.55. The fourth-order valence-corrected chi connectivity index (χ4v) is 2.93. The molecule has 0 N–H and O–H groups in total. The number of ether oxygens (including phenoxy) is 1. The minimum absolute atomic E-state index is 0.0592. The number of amides is 1. The molecule has 0 saturated heterocycles. The van der Waals surface area contributed by atoms with Crippen molar-refractivity contribution in [1.82, 2.24) is 14.7 Å². The van der Waals surface area contributed by atoms with Crippen LogP contribution in [-0.4, -0.2) is 27.6 Å². The number of carbonyl (C=O) groups excluding carboxylic acids is 1. The highest BCUT2D eigenvalue weighted by Gasteiger charge is 2.14. The van der Waals surface area contributed by atoms with Crippen LogP contribution in [0.25, 0.3) is 0 Å². The van der Waals surface area contributed by atoms with Gasteiger partial charge >= 0.3 is 0 Å². The van der Waals surface area contributed by atoms with Gasteiger partial charge in [0.2, 0.25) is 0 Å². The van der Waals surface area contributed by atoms with Gasteiger partial charge in [-0.05, 0) is 48.4 Å². The molecular weight excluding hydrogens is 362 g/mol. The molecule has 0 aliphatic carbocycles. The van der Waals surface area contributed by atoms with Gasteiger partial charge in [0.25, 0.3) is 5.91 Å². The maximum Gasteiger partial charge on any atom is 0.253 e. The summed E-state index contributed by atoms with van der Waals surface area (Å²) in [6.45, 7) is 2.79. The quantitative estimate of drug-likeness (QED) is 0.639. The molecule has 3 aromatic rings. The van der Waals surface area contributed by atoms with Crippen LogP contribution >= 0.6 is 11.6 Å². The van der Waals surface area contributed by atoms with E-state index in [2.05, 4.69) is 5.10 Å². The second-order valence-corrected chi connectivity index (χ2v) is 6.97. The molecule has 0 unspecified atom stereocenters. The molecule has 140 valence electrons. The largest absolute Gasteiger partial charge is 0.487 e. The SMILES string of the molecule is Cc1ccc(Cl)c(OCc2cccc(C(=O)N(C)Cc3ccn(C)n3)c2)c1. The van der Waals surface area contributed by atoms with Gasteiger partial charge in [-0.2, -0.15) is 5.10 Å². The second-order valence-electron chi connectivity index (χ2n) is 6.56. The average Bonchev–Trinajstić information content (AvgIpc) is 3.06. The summed E-state index contributed by atoms with van der Waals surface area (Å²) >= 11 is 6.17. The van der Waals surface area contributed by atoms with E-state index >= 15 is 0 Å². The van der Waals surface area contributed by atoms with Crippen LogP contribution in [0.3, 0.4) is 0 Å². The lowest BCUT2D eigenvalue weighted by atomic mass is 10.1. The van der Waals surface area contributed by atoms with E-state index in [0.29, 0.717) is 29.5 Å². The van der Waals surface area contributed by atoms with Gasteiger partial charge in [0.05, 0.1) is 17.3 Å². The Morgan fingerprint density at radius 2 is 2.04 bits per heavy atom. The Kier molecular flexibility index (Phi) is 5.81. The summed E-state index contributed by atoms with van der Waals surface area (Å²) in [6, 6.07) is 15.0. The number of benzene rings is 2. The summed E-state index contributed by atoms with van der Waals surface area (Å²) in [6.07, 6.45) is 1.86. The fraction of sp³-hybridized carbons (Fsp3) is 0.238.